The van der Waals surface area contributed by atoms with Gasteiger partial charge in [0.25, 0.3) is 5.56 Å². The van der Waals surface area contributed by atoms with Crippen molar-refractivity contribution in [3.63, 3.8) is 0 Å². The van der Waals surface area contributed by atoms with Gasteiger partial charge < -0.3 is 0 Å². The molecule has 3 heteroatoms. The van der Waals surface area contributed by atoms with Crippen LogP contribution < -0.4 is 5.56 Å². The van der Waals surface area contributed by atoms with Crippen molar-refractivity contribution in [3.05, 3.63) is 64.6 Å². The number of nitrogens with zero attached hydrogens (tertiary/aromatic N) is 1. The first-order valence-corrected chi connectivity index (χ1v) is 6.69. The van der Waals surface area contributed by atoms with Gasteiger partial charge in [-0.1, -0.05) is 39.0 Å². The molecular formula is C17H19NO2. The average Bonchev–Trinajstić information content (AvgIpc) is 2.38. The number of hydrogen-bond donors (Lipinski definition) is 0. The molecule has 2 aromatic rings. The third-order valence-corrected chi connectivity index (χ3v) is 2.97. The van der Waals surface area contributed by atoms with Crippen LogP contribution in [0.4, 0.5) is 0 Å². The van der Waals surface area contributed by atoms with Crippen molar-refractivity contribution in [1.29, 1.82) is 0 Å². The molecule has 0 amide bonds. The molecule has 0 spiro atoms. The molecular weight excluding hydrogens is 250 g/mol. The number of carbonyl (C=O) groups excluding carboxylic acids is 1. The van der Waals surface area contributed by atoms with Crippen molar-refractivity contribution < 1.29 is 4.79 Å². The Kier molecular flexibility index (Phi) is 3.89. The van der Waals surface area contributed by atoms with Gasteiger partial charge in [0.15, 0.2) is 5.78 Å². The Bertz CT molecular complexity index is 663. The zero-order valence-corrected chi connectivity index (χ0v) is 12.1. The predicted octanol–water partition coefficient (Wildman–Crippen LogP) is 3.46. The smallest absolute Gasteiger partial charge is 0.265 e. The average molecular weight is 269 g/mol. The summed E-state index contributed by atoms with van der Waals surface area (Å²) in [5.41, 5.74) is 0.638. The second-order valence-electron chi connectivity index (χ2n) is 6.09. The van der Waals surface area contributed by atoms with E-state index in [1.807, 2.05) is 51.1 Å². The second-order valence-corrected chi connectivity index (χ2v) is 6.09. The molecule has 0 saturated carbocycles. The summed E-state index contributed by atoms with van der Waals surface area (Å²) in [5, 5.41) is 0. The lowest BCUT2D eigenvalue weighted by molar-refractivity contribution is 0.0938. The Morgan fingerprint density at radius 3 is 2.30 bits per heavy atom. The van der Waals surface area contributed by atoms with Crippen molar-refractivity contribution >= 4 is 5.78 Å². The number of ketones is 1. The third kappa shape index (κ3) is 3.23. The second kappa shape index (κ2) is 5.45. The molecule has 3 nitrogen and oxygen atoms in total. The van der Waals surface area contributed by atoms with Crippen molar-refractivity contribution in [3.8, 4) is 5.69 Å². The maximum Gasteiger partial charge on any atom is 0.265 e. The first-order chi connectivity index (χ1) is 9.38. The van der Waals surface area contributed by atoms with E-state index in [2.05, 4.69) is 0 Å². The van der Waals surface area contributed by atoms with Crippen LogP contribution in [0.3, 0.4) is 0 Å². The fourth-order valence-electron chi connectivity index (χ4n) is 2.08. The van der Waals surface area contributed by atoms with E-state index in [1.165, 1.54) is 4.57 Å². The number of rotatable bonds is 3. The van der Waals surface area contributed by atoms with E-state index >= 15 is 0 Å². The number of hydrogen-bond acceptors (Lipinski definition) is 2. The Labute approximate surface area is 118 Å². The number of para-hydroxylation sites is 1. The number of Topliss-reactive ketones (excluding diaryl/α,β-unsaturated/α-hetero) is 1. The van der Waals surface area contributed by atoms with Gasteiger partial charge in [0.1, 0.15) is 0 Å². The van der Waals surface area contributed by atoms with Gasteiger partial charge in [-0.15, -0.1) is 0 Å². The summed E-state index contributed by atoms with van der Waals surface area (Å²) in [6.07, 6.45) is 2.05. The van der Waals surface area contributed by atoms with Gasteiger partial charge in [-0.2, -0.15) is 0 Å². The van der Waals surface area contributed by atoms with Crippen LogP contribution in [0.25, 0.3) is 5.69 Å². The molecule has 0 aliphatic rings. The van der Waals surface area contributed by atoms with E-state index in [4.69, 9.17) is 0 Å². The summed E-state index contributed by atoms with van der Waals surface area (Å²) in [6.45, 7) is 5.97. The Morgan fingerprint density at radius 2 is 1.70 bits per heavy atom. The van der Waals surface area contributed by atoms with E-state index in [1.54, 1.807) is 18.3 Å². The lowest BCUT2D eigenvalue weighted by atomic mass is 9.88. The lowest BCUT2D eigenvalue weighted by Crippen LogP contribution is -2.26. The molecule has 104 valence electrons. The van der Waals surface area contributed by atoms with Crippen LogP contribution in [0.15, 0.2) is 53.5 Å². The normalized spacial score (nSPS) is 11.3. The van der Waals surface area contributed by atoms with Gasteiger partial charge in [-0.25, -0.2) is 0 Å². The van der Waals surface area contributed by atoms with Crippen molar-refractivity contribution in [1.82, 2.24) is 4.57 Å². The highest BCUT2D eigenvalue weighted by atomic mass is 16.1. The van der Waals surface area contributed by atoms with E-state index in [-0.39, 0.29) is 22.3 Å². The van der Waals surface area contributed by atoms with Crippen LogP contribution in [0.5, 0.6) is 0 Å². The Hall–Kier alpha value is -2.16. The van der Waals surface area contributed by atoms with Crippen molar-refractivity contribution in [2.75, 3.05) is 0 Å². The molecule has 0 aliphatic heterocycles. The van der Waals surface area contributed by atoms with Crippen molar-refractivity contribution in [2.24, 2.45) is 5.41 Å². The SMILES string of the molecule is CC(C)(C)CC(=O)c1cccn(-c2ccccc2)c1=O. The Balaban J connectivity index is 2.44. The minimum atomic E-state index is -0.257. The van der Waals surface area contributed by atoms with E-state index in [0.29, 0.717) is 6.42 Å². The fraction of sp³-hybridized carbons (Fsp3) is 0.294. The zero-order valence-electron chi connectivity index (χ0n) is 12.1. The van der Waals surface area contributed by atoms with Gasteiger partial charge in [0.05, 0.1) is 5.56 Å². The van der Waals surface area contributed by atoms with Crippen molar-refractivity contribution in [2.45, 2.75) is 27.2 Å². The largest absolute Gasteiger partial charge is 0.294 e. The Morgan fingerprint density at radius 1 is 1.05 bits per heavy atom. The molecule has 0 atom stereocenters. The van der Waals surface area contributed by atoms with Crippen LogP contribution in [0.2, 0.25) is 0 Å². The van der Waals surface area contributed by atoms with Gasteiger partial charge >= 0.3 is 0 Å². The van der Waals surface area contributed by atoms with Gasteiger partial charge in [-0.3, -0.25) is 14.2 Å². The molecule has 0 bridgehead atoms. The molecule has 1 heterocycles. The first-order valence-electron chi connectivity index (χ1n) is 6.69. The van der Waals surface area contributed by atoms with E-state index in [9.17, 15) is 9.59 Å². The van der Waals surface area contributed by atoms with Gasteiger partial charge in [0, 0.05) is 18.3 Å². The topological polar surface area (TPSA) is 39.1 Å². The molecule has 20 heavy (non-hydrogen) atoms. The summed E-state index contributed by atoms with van der Waals surface area (Å²) in [4.78, 5) is 24.7. The molecule has 0 aliphatic carbocycles. The summed E-state index contributed by atoms with van der Waals surface area (Å²) in [5.74, 6) is -0.104. The quantitative estimate of drug-likeness (QED) is 0.800. The summed E-state index contributed by atoms with van der Waals surface area (Å²) < 4.78 is 1.51. The van der Waals surface area contributed by atoms with Crippen LogP contribution in [-0.4, -0.2) is 10.4 Å². The number of carbonyl (C=O) groups is 1. The van der Waals surface area contributed by atoms with Crippen LogP contribution in [0, 0.1) is 5.41 Å². The molecule has 1 aromatic carbocycles. The molecule has 0 N–H and O–H groups in total. The van der Waals surface area contributed by atoms with Crippen LogP contribution in [0.1, 0.15) is 37.6 Å². The predicted molar refractivity (Wildman–Crippen MR) is 80.4 cm³/mol. The van der Waals surface area contributed by atoms with Crippen LogP contribution in [-0.2, 0) is 0 Å². The molecule has 0 radical (unpaired) electrons. The first kappa shape index (κ1) is 14.3. The number of aromatic nitrogens is 1. The maximum atomic E-state index is 12.4. The van der Waals surface area contributed by atoms with Gasteiger partial charge in [0.2, 0.25) is 0 Å². The molecule has 1 aromatic heterocycles. The third-order valence-electron chi connectivity index (χ3n) is 2.97. The van der Waals surface area contributed by atoms with E-state index in [0.717, 1.165) is 5.69 Å². The standard InChI is InChI=1S/C17H19NO2/c1-17(2,3)12-15(19)14-10-7-11-18(16(14)20)13-8-5-4-6-9-13/h4-11H,12H2,1-3H3. The fourth-order valence-corrected chi connectivity index (χ4v) is 2.08. The summed E-state index contributed by atoms with van der Waals surface area (Å²) in [6, 6.07) is 12.7. The maximum absolute atomic E-state index is 12.4. The number of benzene rings is 1. The highest BCUT2D eigenvalue weighted by molar-refractivity contribution is 5.96. The molecule has 0 saturated heterocycles. The molecule has 0 fully saturated rings. The highest BCUT2D eigenvalue weighted by Gasteiger charge is 2.20. The van der Waals surface area contributed by atoms with Gasteiger partial charge in [-0.05, 0) is 29.7 Å². The minimum Gasteiger partial charge on any atom is -0.294 e. The van der Waals surface area contributed by atoms with Crippen LogP contribution >= 0.6 is 0 Å². The summed E-state index contributed by atoms with van der Waals surface area (Å²) in [7, 11) is 0. The minimum absolute atomic E-state index is 0.104. The summed E-state index contributed by atoms with van der Waals surface area (Å²) >= 11 is 0. The monoisotopic (exact) mass is 269 g/mol. The molecule has 0 unspecified atom stereocenters. The molecule has 2 rings (SSSR count). The highest BCUT2D eigenvalue weighted by Crippen LogP contribution is 2.20. The number of pyridine rings is 1. The van der Waals surface area contributed by atoms with E-state index < -0.39 is 0 Å². The lowest BCUT2D eigenvalue weighted by Gasteiger charge is -2.16. The zero-order chi connectivity index (χ0) is 14.8.